The summed E-state index contributed by atoms with van der Waals surface area (Å²) in [6.07, 6.45) is -0.390. The van der Waals surface area contributed by atoms with Crippen LogP contribution < -0.4 is 16.2 Å². The Labute approximate surface area is 168 Å². The number of aliphatic imine (C=N–C) groups is 1. The largest absolute Gasteiger partial charge is 0.481 e. The molecule has 0 radical (unpaired) electrons. The molecule has 1 fully saturated rings. The van der Waals surface area contributed by atoms with Gasteiger partial charge in [0, 0.05) is 19.3 Å². The molecule has 0 bridgehead atoms. The van der Waals surface area contributed by atoms with Gasteiger partial charge >= 0.3 is 0 Å². The van der Waals surface area contributed by atoms with Crippen molar-refractivity contribution < 1.29 is 18.7 Å². The van der Waals surface area contributed by atoms with Crippen molar-refractivity contribution in [1.29, 1.82) is 0 Å². The molecule has 3 aliphatic rings. The first-order chi connectivity index (χ1) is 13.9. The average Bonchev–Trinajstić information content (AvgIpc) is 3.02. The molecule has 3 unspecified atom stereocenters. The van der Waals surface area contributed by atoms with Crippen molar-refractivity contribution in [2.45, 2.75) is 30.3 Å². The van der Waals surface area contributed by atoms with Gasteiger partial charge in [-0.2, -0.15) is 0 Å². The summed E-state index contributed by atoms with van der Waals surface area (Å²) in [5.41, 5.74) is 12.0. The van der Waals surface area contributed by atoms with Crippen molar-refractivity contribution >= 4 is 11.6 Å². The lowest BCUT2D eigenvalue weighted by Crippen LogP contribution is -2.62. The van der Waals surface area contributed by atoms with E-state index < -0.39 is 17.5 Å². The van der Waals surface area contributed by atoms with Crippen molar-refractivity contribution in [3.63, 3.8) is 0 Å². The molecular formula is C21H23FN4O3. The first kappa shape index (κ1) is 18.2. The normalized spacial score (nSPS) is 30.9. The van der Waals surface area contributed by atoms with E-state index in [2.05, 4.69) is 4.99 Å². The number of rotatable bonds is 1. The fourth-order valence-electron chi connectivity index (χ4n) is 4.36. The maximum atomic E-state index is 16.2. The summed E-state index contributed by atoms with van der Waals surface area (Å²) in [6, 6.07) is 13.1. The molecule has 0 aromatic heterocycles. The van der Waals surface area contributed by atoms with E-state index >= 15 is 4.39 Å². The number of guanidine groups is 1. The number of hydrogen-bond acceptors (Lipinski definition) is 7. The molecule has 4 N–H and O–H groups in total. The SMILES string of the molecule is CN1OC2(N=C1N)c1cc(-c3cccc(N)c3)ccc1OC1(CCCOC1)C2F. The molecule has 0 amide bonds. The molecule has 29 heavy (non-hydrogen) atoms. The van der Waals surface area contributed by atoms with Crippen LogP contribution in [0.5, 0.6) is 5.75 Å². The molecule has 0 saturated carbocycles. The zero-order chi connectivity index (χ0) is 20.2. The highest BCUT2D eigenvalue weighted by Gasteiger charge is 2.64. The fraction of sp³-hybridized carbons (Fsp3) is 0.381. The van der Waals surface area contributed by atoms with E-state index in [1.807, 2.05) is 42.5 Å². The van der Waals surface area contributed by atoms with E-state index in [0.29, 0.717) is 36.4 Å². The maximum Gasteiger partial charge on any atom is 0.252 e. The molecular weight excluding hydrogens is 375 g/mol. The molecule has 152 valence electrons. The second-order valence-electron chi connectivity index (χ2n) is 7.78. The van der Waals surface area contributed by atoms with E-state index in [-0.39, 0.29) is 12.6 Å². The molecule has 3 atom stereocenters. The van der Waals surface area contributed by atoms with E-state index in [1.165, 1.54) is 5.06 Å². The first-order valence-electron chi connectivity index (χ1n) is 9.63. The Hall–Kier alpha value is -2.84. The second-order valence-corrected chi connectivity index (χ2v) is 7.78. The minimum Gasteiger partial charge on any atom is -0.481 e. The van der Waals surface area contributed by atoms with Crippen molar-refractivity contribution in [3.8, 4) is 16.9 Å². The number of ether oxygens (including phenoxy) is 2. The standard InChI is InChI=1S/C21H23FN4O3/c1-26-19(24)25-21(29-26)16-11-14(13-4-2-5-15(23)10-13)6-7-17(16)28-20(18(21)22)8-3-9-27-12-20/h2,4-7,10-11,18H,3,8-9,12,23H2,1H3,(H2,24,25). The summed E-state index contributed by atoms with van der Waals surface area (Å²) in [7, 11) is 1.61. The van der Waals surface area contributed by atoms with Gasteiger partial charge in [-0.05, 0) is 48.2 Å². The number of nitrogens with two attached hydrogens (primary N) is 2. The number of nitrogen functional groups attached to an aromatic ring is 1. The average molecular weight is 398 g/mol. The number of alkyl halides is 1. The number of hydroxylamine groups is 2. The molecule has 7 nitrogen and oxygen atoms in total. The Morgan fingerprint density at radius 3 is 2.69 bits per heavy atom. The van der Waals surface area contributed by atoms with Gasteiger partial charge < -0.3 is 20.9 Å². The van der Waals surface area contributed by atoms with Crippen LogP contribution in [0.15, 0.2) is 47.5 Å². The number of fused-ring (bicyclic) bond motifs is 2. The van der Waals surface area contributed by atoms with Gasteiger partial charge in [0.15, 0.2) is 11.8 Å². The van der Waals surface area contributed by atoms with Gasteiger partial charge in [0.2, 0.25) is 5.96 Å². The Balaban J connectivity index is 1.68. The summed E-state index contributed by atoms with van der Waals surface area (Å²) in [6.45, 7) is 0.715. The maximum absolute atomic E-state index is 16.2. The molecule has 2 spiro atoms. The zero-order valence-corrected chi connectivity index (χ0v) is 16.1. The third-order valence-electron chi connectivity index (χ3n) is 5.82. The fourth-order valence-corrected chi connectivity index (χ4v) is 4.36. The van der Waals surface area contributed by atoms with Crippen LogP contribution in [0.3, 0.4) is 0 Å². The lowest BCUT2D eigenvalue weighted by Gasteiger charge is -2.48. The van der Waals surface area contributed by atoms with Gasteiger partial charge in [-0.3, -0.25) is 0 Å². The molecule has 0 aliphatic carbocycles. The van der Waals surface area contributed by atoms with E-state index in [0.717, 1.165) is 11.1 Å². The van der Waals surface area contributed by atoms with E-state index in [9.17, 15) is 0 Å². The molecule has 8 heteroatoms. The van der Waals surface area contributed by atoms with Gasteiger partial charge in [-0.15, -0.1) is 0 Å². The van der Waals surface area contributed by atoms with Crippen LogP contribution in [0.1, 0.15) is 18.4 Å². The van der Waals surface area contributed by atoms with Crippen LogP contribution in [0.25, 0.3) is 11.1 Å². The van der Waals surface area contributed by atoms with Crippen molar-refractivity contribution in [2.75, 3.05) is 26.0 Å². The number of hydrogen-bond donors (Lipinski definition) is 2. The predicted molar refractivity (Wildman–Crippen MR) is 107 cm³/mol. The number of benzene rings is 2. The summed E-state index contributed by atoms with van der Waals surface area (Å²) in [5.74, 6) is 0.630. The number of halogens is 1. The monoisotopic (exact) mass is 398 g/mol. The summed E-state index contributed by atoms with van der Waals surface area (Å²) < 4.78 is 28.0. The molecule has 2 aromatic rings. The van der Waals surface area contributed by atoms with Crippen LogP contribution >= 0.6 is 0 Å². The van der Waals surface area contributed by atoms with Crippen molar-refractivity contribution in [1.82, 2.24) is 5.06 Å². The molecule has 2 aromatic carbocycles. The molecule has 3 aliphatic heterocycles. The van der Waals surface area contributed by atoms with Crippen LogP contribution in [-0.2, 0) is 15.3 Å². The minimum atomic E-state index is -1.62. The van der Waals surface area contributed by atoms with Crippen molar-refractivity contribution in [3.05, 3.63) is 48.0 Å². The highest BCUT2D eigenvalue weighted by molar-refractivity contribution is 5.79. The number of anilines is 1. The van der Waals surface area contributed by atoms with Gasteiger partial charge in [0.05, 0.1) is 12.2 Å². The van der Waals surface area contributed by atoms with E-state index in [1.54, 1.807) is 7.05 Å². The molecule has 3 heterocycles. The van der Waals surface area contributed by atoms with Crippen LogP contribution in [0, 0.1) is 0 Å². The first-order valence-corrected chi connectivity index (χ1v) is 9.63. The minimum absolute atomic E-state index is 0.113. The van der Waals surface area contributed by atoms with Crippen molar-refractivity contribution in [2.24, 2.45) is 10.7 Å². The Bertz CT molecular complexity index is 992. The van der Waals surface area contributed by atoms with Crippen LogP contribution in [-0.4, -0.2) is 43.1 Å². The van der Waals surface area contributed by atoms with Gasteiger partial charge in [0.25, 0.3) is 5.72 Å². The third kappa shape index (κ3) is 2.67. The van der Waals surface area contributed by atoms with Crippen LogP contribution in [0.2, 0.25) is 0 Å². The summed E-state index contributed by atoms with van der Waals surface area (Å²) in [4.78, 5) is 10.4. The quantitative estimate of drug-likeness (QED) is 0.717. The molecule has 5 rings (SSSR count). The summed E-state index contributed by atoms with van der Waals surface area (Å²) >= 11 is 0. The van der Waals surface area contributed by atoms with Gasteiger partial charge in [0.1, 0.15) is 5.75 Å². The molecule has 1 saturated heterocycles. The second kappa shape index (κ2) is 6.33. The highest BCUT2D eigenvalue weighted by atomic mass is 19.1. The van der Waals surface area contributed by atoms with Gasteiger partial charge in [-0.1, -0.05) is 18.2 Å². The smallest absolute Gasteiger partial charge is 0.252 e. The topological polar surface area (TPSA) is 95.3 Å². The van der Waals surface area contributed by atoms with Crippen LogP contribution in [0.4, 0.5) is 10.1 Å². The summed E-state index contributed by atoms with van der Waals surface area (Å²) in [5, 5.41) is 1.30. The van der Waals surface area contributed by atoms with E-state index in [4.69, 9.17) is 25.8 Å². The third-order valence-corrected chi connectivity index (χ3v) is 5.82. The predicted octanol–water partition coefficient (Wildman–Crippen LogP) is 2.56. The Morgan fingerprint density at radius 1 is 1.17 bits per heavy atom. The lowest BCUT2D eigenvalue weighted by atomic mass is 9.79. The van der Waals surface area contributed by atoms with Gasteiger partial charge in [-0.25, -0.2) is 19.3 Å². The highest BCUT2D eigenvalue weighted by Crippen LogP contribution is 2.53. The Morgan fingerprint density at radius 2 is 2.00 bits per heavy atom. The number of nitrogens with zero attached hydrogens (tertiary/aromatic N) is 2. The lowest BCUT2D eigenvalue weighted by molar-refractivity contribution is -0.254. The Kier molecular flexibility index (Phi) is 3.97. The zero-order valence-electron chi connectivity index (χ0n) is 16.1.